The summed E-state index contributed by atoms with van der Waals surface area (Å²) in [4.78, 5) is 12.5. The minimum Gasteiger partial charge on any atom is -0.476 e. The van der Waals surface area contributed by atoms with Crippen molar-refractivity contribution in [2.45, 2.75) is 49.6 Å². The number of nitrogens with zero attached hydrogens (tertiary/aromatic N) is 4. The molecule has 2 N–H and O–H groups in total. The molecule has 0 radical (unpaired) electrons. The Morgan fingerprint density at radius 3 is 2.90 bits per heavy atom. The molecule has 29 heavy (non-hydrogen) atoms. The summed E-state index contributed by atoms with van der Waals surface area (Å²) >= 11 is 13.3. The number of nitrogens with two attached hydrogens (primary N) is 1. The number of alkyl halides is 2. The first-order valence-electron chi connectivity index (χ1n) is 8.92. The number of hydrogen-bond donors (Lipinski definition) is 1. The number of phosphoric ester groups is 1. The minimum atomic E-state index is -3.84. The van der Waals surface area contributed by atoms with Gasteiger partial charge in [-0.2, -0.15) is 9.97 Å². The van der Waals surface area contributed by atoms with E-state index in [-0.39, 0.29) is 24.5 Å². The van der Waals surface area contributed by atoms with Gasteiger partial charge in [-0.05, 0) is 20.8 Å². The molecule has 4 rings (SSSR count). The molecule has 14 heteroatoms. The summed E-state index contributed by atoms with van der Waals surface area (Å²) < 4.78 is 40.2. The van der Waals surface area contributed by atoms with E-state index in [4.69, 9.17) is 52.0 Å². The van der Waals surface area contributed by atoms with Crippen molar-refractivity contribution < 1.29 is 27.6 Å². The number of ether oxygens (including phenoxy) is 2. The zero-order chi connectivity index (χ0) is 21.0. The molecule has 2 fully saturated rings. The van der Waals surface area contributed by atoms with Crippen LogP contribution in [0.15, 0.2) is 6.33 Å². The van der Waals surface area contributed by atoms with Gasteiger partial charge in [-0.15, -0.1) is 0 Å². The van der Waals surface area contributed by atoms with Gasteiger partial charge in [0.25, 0.3) is 0 Å². The van der Waals surface area contributed by atoms with E-state index < -0.39 is 30.6 Å². The number of anilines is 1. The minimum absolute atomic E-state index is 0.0118. The standard InChI is InChI=1S/C15H20Cl2N5O6P/c1-4-24-12-9-11(20-14(18)21-12)22(6-19-9)13-15(16,17)10-8(26-13)5-25-29(23,28-10)27-7(2)3/h6-8,10,13H,4-5H2,1-3H3,(H2,18,20,21)/t8-,10-,13-,29-/m1/s1. The van der Waals surface area contributed by atoms with E-state index in [9.17, 15) is 4.57 Å². The van der Waals surface area contributed by atoms with Gasteiger partial charge in [0.15, 0.2) is 21.7 Å². The molecule has 0 bridgehead atoms. The molecular formula is C15H20Cl2N5O6P. The number of rotatable bonds is 5. The average Bonchev–Trinajstić information content (AvgIpc) is 3.13. The Morgan fingerprint density at radius 1 is 1.45 bits per heavy atom. The molecule has 0 amide bonds. The summed E-state index contributed by atoms with van der Waals surface area (Å²) in [7, 11) is -3.84. The highest BCUT2D eigenvalue weighted by Gasteiger charge is 2.62. The SMILES string of the molecule is CCOc1nc(N)nc2c1ncn2[C@@H]1O[C@@H]2CO[P@](=O)(OC(C)C)O[C@H]2C1(Cl)Cl. The first-order valence-corrected chi connectivity index (χ1v) is 11.1. The largest absolute Gasteiger partial charge is 0.476 e. The van der Waals surface area contributed by atoms with Crippen molar-refractivity contribution in [1.82, 2.24) is 19.5 Å². The van der Waals surface area contributed by atoms with Crippen LogP contribution in [0.4, 0.5) is 5.95 Å². The highest BCUT2D eigenvalue weighted by atomic mass is 35.5. The first kappa shape index (κ1) is 21.0. The Hall–Kier alpha value is -1.20. The van der Waals surface area contributed by atoms with Crippen molar-refractivity contribution in [2.24, 2.45) is 0 Å². The Labute approximate surface area is 176 Å². The molecule has 2 aliphatic rings. The molecule has 4 atom stereocenters. The van der Waals surface area contributed by atoms with Crippen LogP contribution in [0, 0.1) is 0 Å². The Morgan fingerprint density at radius 2 is 2.21 bits per heavy atom. The van der Waals surface area contributed by atoms with Gasteiger partial charge in [0.05, 0.1) is 25.6 Å². The lowest BCUT2D eigenvalue weighted by molar-refractivity contribution is -0.0733. The van der Waals surface area contributed by atoms with Crippen LogP contribution in [0.3, 0.4) is 0 Å². The van der Waals surface area contributed by atoms with Gasteiger partial charge in [-0.1, -0.05) is 23.2 Å². The molecule has 2 aromatic heterocycles. The smallest absolute Gasteiger partial charge is 0.475 e. The molecule has 2 saturated heterocycles. The fraction of sp³-hybridized carbons (Fsp3) is 0.667. The van der Waals surface area contributed by atoms with Crippen molar-refractivity contribution >= 4 is 48.1 Å². The zero-order valence-corrected chi connectivity index (χ0v) is 18.2. The number of phosphoric acid groups is 1. The van der Waals surface area contributed by atoms with Crippen LogP contribution < -0.4 is 10.5 Å². The monoisotopic (exact) mass is 467 g/mol. The van der Waals surface area contributed by atoms with Gasteiger partial charge in [0.2, 0.25) is 11.8 Å². The Balaban J connectivity index is 1.70. The topological polar surface area (TPSA) is 133 Å². The molecule has 2 aromatic rings. The maximum Gasteiger partial charge on any atom is 0.475 e. The second-order valence-corrected chi connectivity index (χ2v) is 9.79. The lowest BCUT2D eigenvalue weighted by Gasteiger charge is -2.33. The number of hydrogen-bond acceptors (Lipinski definition) is 10. The molecule has 160 valence electrons. The fourth-order valence-corrected chi connectivity index (χ4v) is 5.60. The van der Waals surface area contributed by atoms with Crippen molar-refractivity contribution in [3.63, 3.8) is 0 Å². The van der Waals surface area contributed by atoms with E-state index in [1.807, 2.05) is 6.92 Å². The molecule has 0 unspecified atom stereocenters. The summed E-state index contributed by atoms with van der Waals surface area (Å²) in [5, 5.41) is 0. The van der Waals surface area contributed by atoms with Crippen LogP contribution in [0.2, 0.25) is 0 Å². The fourth-order valence-electron chi connectivity index (χ4n) is 3.20. The van der Waals surface area contributed by atoms with E-state index >= 15 is 0 Å². The molecular weight excluding hydrogens is 448 g/mol. The van der Waals surface area contributed by atoms with Gasteiger partial charge in [0, 0.05) is 0 Å². The highest BCUT2D eigenvalue weighted by molar-refractivity contribution is 7.48. The third kappa shape index (κ3) is 3.69. The third-order valence-corrected chi connectivity index (χ3v) is 6.70. The zero-order valence-electron chi connectivity index (χ0n) is 15.8. The Bertz CT molecular complexity index is 972. The average molecular weight is 468 g/mol. The lowest BCUT2D eigenvalue weighted by Crippen LogP contribution is -2.42. The molecule has 4 heterocycles. The molecule has 0 saturated carbocycles. The van der Waals surface area contributed by atoms with Crippen LogP contribution in [-0.4, -0.2) is 55.4 Å². The van der Waals surface area contributed by atoms with Crippen molar-refractivity contribution in [3.05, 3.63) is 6.33 Å². The lowest BCUT2D eigenvalue weighted by atomic mass is 10.2. The van der Waals surface area contributed by atoms with Crippen LogP contribution >= 0.6 is 31.0 Å². The summed E-state index contributed by atoms with van der Waals surface area (Å²) in [6.45, 7) is 5.52. The Kier molecular flexibility index (Phi) is 5.44. The molecule has 0 spiro atoms. The van der Waals surface area contributed by atoms with E-state index in [1.165, 1.54) is 10.9 Å². The summed E-state index contributed by atoms with van der Waals surface area (Å²) in [5.41, 5.74) is 6.49. The second-order valence-electron chi connectivity index (χ2n) is 6.77. The number of imidazole rings is 1. The number of aromatic nitrogens is 4. The quantitative estimate of drug-likeness (QED) is 0.516. The number of halogens is 2. The molecule has 2 aliphatic heterocycles. The van der Waals surface area contributed by atoms with Gasteiger partial charge >= 0.3 is 7.82 Å². The molecule has 0 aliphatic carbocycles. The predicted octanol–water partition coefficient (Wildman–Crippen LogP) is 2.83. The van der Waals surface area contributed by atoms with Crippen LogP contribution in [0.25, 0.3) is 11.2 Å². The van der Waals surface area contributed by atoms with E-state index in [0.717, 1.165) is 0 Å². The number of nitrogen functional groups attached to an aromatic ring is 1. The van der Waals surface area contributed by atoms with Crippen molar-refractivity contribution in [1.29, 1.82) is 0 Å². The summed E-state index contributed by atoms with van der Waals surface area (Å²) in [5.74, 6) is 0.218. The van der Waals surface area contributed by atoms with Gasteiger partial charge in [-0.3, -0.25) is 18.1 Å². The van der Waals surface area contributed by atoms with Gasteiger partial charge in [-0.25, -0.2) is 9.55 Å². The maximum absolute atomic E-state index is 12.7. The van der Waals surface area contributed by atoms with E-state index in [0.29, 0.717) is 17.8 Å². The van der Waals surface area contributed by atoms with Crippen molar-refractivity contribution in [2.75, 3.05) is 18.9 Å². The van der Waals surface area contributed by atoms with E-state index in [1.54, 1.807) is 13.8 Å². The molecule has 11 nitrogen and oxygen atoms in total. The van der Waals surface area contributed by atoms with Gasteiger partial charge < -0.3 is 15.2 Å². The summed E-state index contributed by atoms with van der Waals surface area (Å²) in [6, 6.07) is 0. The normalized spacial score (nSPS) is 31.3. The maximum atomic E-state index is 12.7. The number of fused-ring (bicyclic) bond motifs is 2. The second kappa shape index (κ2) is 7.49. The van der Waals surface area contributed by atoms with E-state index in [2.05, 4.69) is 15.0 Å². The third-order valence-electron chi connectivity index (χ3n) is 4.27. The predicted molar refractivity (Wildman–Crippen MR) is 104 cm³/mol. The van der Waals surface area contributed by atoms with Crippen LogP contribution in [0.1, 0.15) is 27.0 Å². The summed E-state index contributed by atoms with van der Waals surface area (Å²) in [6.07, 6.45) is -1.59. The molecule has 0 aromatic carbocycles. The van der Waals surface area contributed by atoms with Crippen LogP contribution in [0.5, 0.6) is 5.88 Å². The van der Waals surface area contributed by atoms with Crippen LogP contribution in [-0.2, 0) is 22.9 Å². The highest BCUT2D eigenvalue weighted by Crippen LogP contribution is 2.61. The van der Waals surface area contributed by atoms with Crippen molar-refractivity contribution in [3.8, 4) is 5.88 Å². The first-order chi connectivity index (χ1) is 13.6. The van der Waals surface area contributed by atoms with Gasteiger partial charge in [0.1, 0.15) is 12.2 Å².